The highest BCUT2D eigenvalue weighted by atomic mass is 16.6. The third-order valence-electron chi connectivity index (χ3n) is 3.49. The van der Waals surface area contributed by atoms with E-state index in [0.29, 0.717) is 6.42 Å². The molecule has 114 valence electrons. The first kappa shape index (κ1) is 15.3. The molecular weight excluding hydrogens is 274 g/mol. The summed E-state index contributed by atoms with van der Waals surface area (Å²) in [6.07, 6.45) is -0.574. The van der Waals surface area contributed by atoms with Gasteiger partial charge in [-0.15, -0.1) is 0 Å². The van der Waals surface area contributed by atoms with Crippen molar-refractivity contribution in [1.29, 1.82) is 0 Å². The number of esters is 1. The number of hydrogen-bond donors (Lipinski definition) is 1. The van der Waals surface area contributed by atoms with Gasteiger partial charge in [-0.2, -0.15) is 0 Å². The van der Waals surface area contributed by atoms with Crippen LogP contribution in [0.25, 0.3) is 0 Å². The molecule has 1 aromatic carbocycles. The number of piperidine rings is 1. The molecule has 1 N–H and O–H groups in total. The van der Waals surface area contributed by atoms with E-state index in [1.54, 1.807) is 0 Å². The molecule has 1 aliphatic heterocycles. The average Bonchev–Trinajstić information content (AvgIpc) is 2.52. The zero-order valence-corrected chi connectivity index (χ0v) is 11.9. The first-order valence-corrected chi connectivity index (χ1v) is 6.85. The quantitative estimate of drug-likeness (QED) is 0.851. The van der Waals surface area contributed by atoms with E-state index in [0.717, 1.165) is 5.56 Å². The molecule has 2 atom stereocenters. The van der Waals surface area contributed by atoms with Crippen molar-refractivity contribution in [2.75, 3.05) is 13.7 Å². The van der Waals surface area contributed by atoms with Crippen LogP contribution in [0.3, 0.4) is 0 Å². The smallest absolute Gasteiger partial charge is 0.410 e. The Hall–Kier alpha value is -2.08. The molecule has 0 aliphatic carbocycles. The molecule has 0 spiro atoms. The van der Waals surface area contributed by atoms with Gasteiger partial charge in [0, 0.05) is 13.0 Å². The molecule has 1 unspecified atom stereocenters. The molecule has 21 heavy (non-hydrogen) atoms. The molecule has 0 saturated carbocycles. The zero-order valence-electron chi connectivity index (χ0n) is 11.9. The predicted octanol–water partition coefficient (Wildman–Crippen LogP) is 1.32. The van der Waals surface area contributed by atoms with Crippen LogP contribution < -0.4 is 0 Å². The van der Waals surface area contributed by atoms with Gasteiger partial charge in [0.1, 0.15) is 12.6 Å². The van der Waals surface area contributed by atoms with E-state index < -0.39 is 24.2 Å². The second-order valence-corrected chi connectivity index (χ2v) is 4.95. The lowest BCUT2D eigenvalue weighted by molar-refractivity contribution is -0.149. The van der Waals surface area contributed by atoms with Gasteiger partial charge in [0.25, 0.3) is 0 Å². The summed E-state index contributed by atoms with van der Waals surface area (Å²) >= 11 is 0. The molecule has 0 radical (unpaired) electrons. The number of amides is 1. The monoisotopic (exact) mass is 293 g/mol. The van der Waals surface area contributed by atoms with Gasteiger partial charge in [0.05, 0.1) is 13.2 Å². The van der Waals surface area contributed by atoms with Crippen LogP contribution in [0.1, 0.15) is 18.4 Å². The zero-order chi connectivity index (χ0) is 15.2. The van der Waals surface area contributed by atoms with E-state index in [9.17, 15) is 14.7 Å². The Kier molecular flexibility index (Phi) is 5.16. The number of aliphatic hydroxyl groups is 1. The third kappa shape index (κ3) is 3.95. The predicted molar refractivity (Wildman–Crippen MR) is 74.4 cm³/mol. The second-order valence-electron chi connectivity index (χ2n) is 4.95. The van der Waals surface area contributed by atoms with Crippen molar-refractivity contribution in [3.05, 3.63) is 35.9 Å². The Balaban J connectivity index is 1.97. The molecule has 1 amide bonds. The van der Waals surface area contributed by atoms with E-state index in [1.165, 1.54) is 12.0 Å². The molecular formula is C15H19NO5. The Bertz CT molecular complexity index is 490. The van der Waals surface area contributed by atoms with Crippen LogP contribution >= 0.6 is 0 Å². The van der Waals surface area contributed by atoms with Crippen LogP contribution in [0.4, 0.5) is 4.79 Å². The summed E-state index contributed by atoms with van der Waals surface area (Å²) in [7, 11) is 1.26. The number of ether oxygens (including phenoxy) is 2. The van der Waals surface area contributed by atoms with Crippen LogP contribution in [0, 0.1) is 0 Å². The molecule has 1 fully saturated rings. The lowest BCUT2D eigenvalue weighted by atomic mass is 10.00. The van der Waals surface area contributed by atoms with Gasteiger partial charge in [-0.3, -0.25) is 4.90 Å². The number of carbonyl (C=O) groups excluding carboxylic acids is 2. The van der Waals surface area contributed by atoms with Crippen molar-refractivity contribution in [3.63, 3.8) is 0 Å². The molecule has 1 aromatic rings. The van der Waals surface area contributed by atoms with E-state index in [2.05, 4.69) is 4.74 Å². The van der Waals surface area contributed by atoms with Crippen molar-refractivity contribution in [1.82, 2.24) is 4.90 Å². The molecule has 1 saturated heterocycles. The first-order chi connectivity index (χ1) is 10.1. The van der Waals surface area contributed by atoms with E-state index in [4.69, 9.17) is 4.74 Å². The van der Waals surface area contributed by atoms with Crippen LogP contribution in [0.15, 0.2) is 30.3 Å². The number of rotatable bonds is 3. The van der Waals surface area contributed by atoms with Crippen LogP contribution in [0.5, 0.6) is 0 Å². The Labute approximate surface area is 123 Å². The maximum Gasteiger partial charge on any atom is 0.410 e. The minimum atomic E-state index is -0.790. The highest BCUT2D eigenvalue weighted by Crippen LogP contribution is 2.20. The van der Waals surface area contributed by atoms with Gasteiger partial charge in [-0.25, -0.2) is 9.59 Å². The van der Waals surface area contributed by atoms with Gasteiger partial charge >= 0.3 is 12.1 Å². The summed E-state index contributed by atoms with van der Waals surface area (Å²) in [5.74, 6) is -0.537. The lowest BCUT2D eigenvalue weighted by Gasteiger charge is -2.35. The summed E-state index contributed by atoms with van der Waals surface area (Å²) < 4.78 is 9.91. The highest BCUT2D eigenvalue weighted by Gasteiger charge is 2.37. The topological polar surface area (TPSA) is 76.1 Å². The lowest BCUT2D eigenvalue weighted by Crippen LogP contribution is -2.51. The van der Waals surface area contributed by atoms with Crippen LogP contribution in [-0.2, 0) is 20.9 Å². The normalized spacial score (nSPS) is 21.7. The summed E-state index contributed by atoms with van der Waals surface area (Å²) in [6.45, 7) is 0.418. The fourth-order valence-corrected chi connectivity index (χ4v) is 2.33. The Morgan fingerprint density at radius 1 is 1.33 bits per heavy atom. The second kappa shape index (κ2) is 7.08. The van der Waals surface area contributed by atoms with Gasteiger partial charge in [0.15, 0.2) is 0 Å². The van der Waals surface area contributed by atoms with E-state index in [1.807, 2.05) is 30.3 Å². The summed E-state index contributed by atoms with van der Waals surface area (Å²) in [4.78, 5) is 25.2. The minimum absolute atomic E-state index is 0.145. The fourth-order valence-electron chi connectivity index (χ4n) is 2.33. The van der Waals surface area contributed by atoms with Crippen molar-refractivity contribution < 1.29 is 24.2 Å². The molecule has 2 rings (SSSR count). The summed E-state index contributed by atoms with van der Waals surface area (Å²) in [6, 6.07) is 8.51. The molecule has 1 heterocycles. The van der Waals surface area contributed by atoms with Crippen LogP contribution in [0.2, 0.25) is 0 Å². The number of methoxy groups -OCH3 is 1. The molecule has 0 bridgehead atoms. The van der Waals surface area contributed by atoms with Gasteiger partial charge in [0.2, 0.25) is 0 Å². The van der Waals surface area contributed by atoms with Gasteiger partial charge in [-0.1, -0.05) is 30.3 Å². The Morgan fingerprint density at radius 3 is 2.71 bits per heavy atom. The van der Waals surface area contributed by atoms with Crippen LogP contribution in [-0.4, -0.2) is 47.9 Å². The number of benzene rings is 1. The van der Waals surface area contributed by atoms with E-state index in [-0.39, 0.29) is 19.6 Å². The number of hydrogen-bond acceptors (Lipinski definition) is 5. The molecule has 1 aliphatic rings. The van der Waals surface area contributed by atoms with Crippen molar-refractivity contribution in [2.45, 2.75) is 31.6 Å². The number of nitrogens with zero attached hydrogens (tertiary/aromatic N) is 1. The standard InChI is InChI=1S/C15H19NO5/c1-20-14(18)13-9-12(17)7-8-16(13)15(19)21-10-11-5-3-2-4-6-11/h2-6,12-13,17H,7-10H2,1H3/t12?,13-/m0/s1. The largest absolute Gasteiger partial charge is 0.467 e. The number of aliphatic hydroxyl groups excluding tert-OH is 1. The van der Waals surface area contributed by atoms with Crippen molar-refractivity contribution in [3.8, 4) is 0 Å². The summed E-state index contributed by atoms with van der Waals surface area (Å²) in [5.41, 5.74) is 0.873. The summed E-state index contributed by atoms with van der Waals surface area (Å²) in [5, 5.41) is 9.64. The van der Waals surface area contributed by atoms with Crippen molar-refractivity contribution in [2.24, 2.45) is 0 Å². The first-order valence-electron chi connectivity index (χ1n) is 6.85. The maximum atomic E-state index is 12.1. The molecule has 0 aromatic heterocycles. The number of carbonyl (C=O) groups is 2. The minimum Gasteiger partial charge on any atom is -0.467 e. The number of likely N-dealkylation sites (tertiary alicyclic amines) is 1. The molecule has 6 nitrogen and oxygen atoms in total. The van der Waals surface area contributed by atoms with E-state index >= 15 is 0 Å². The van der Waals surface area contributed by atoms with Crippen molar-refractivity contribution >= 4 is 12.1 Å². The fraction of sp³-hybridized carbons (Fsp3) is 0.467. The van der Waals surface area contributed by atoms with Gasteiger partial charge < -0.3 is 14.6 Å². The maximum absolute atomic E-state index is 12.1. The SMILES string of the molecule is COC(=O)[C@@H]1CC(O)CCN1C(=O)OCc1ccccc1. The average molecular weight is 293 g/mol. The Morgan fingerprint density at radius 2 is 2.05 bits per heavy atom. The van der Waals surface area contributed by atoms with Gasteiger partial charge in [-0.05, 0) is 12.0 Å². The highest BCUT2D eigenvalue weighted by molar-refractivity contribution is 5.81. The third-order valence-corrected chi connectivity index (χ3v) is 3.49. The molecule has 6 heteroatoms.